The number of imidazole rings is 1. The van der Waals surface area contributed by atoms with Gasteiger partial charge in [-0.1, -0.05) is 0 Å². The zero-order chi connectivity index (χ0) is 13.1. The minimum Gasteiger partial charge on any atom is -0.378 e. The highest BCUT2D eigenvalue weighted by atomic mass is 16.5. The summed E-state index contributed by atoms with van der Waals surface area (Å²) in [4.78, 5) is 4.26. The molecule has 3 rings (SSSR count). The maximum absolute atomic E-state index is 5.49. The lowest BCUT2D eigenvalue weighted by Crippen LogP contribution is -2.43. The molecule has 0 saturated carbocycles. The van der Waals surface area contributed by atoms with E-state index in [1.807, 2.05) is 23.4 Å². The first-order valence-corrected chi connectivity index (χ1v) is 6.71. The number of aryl methyl sites for hydroxylation is 1. The van der Waals surface area contributed by atoms with E-state index < -0.39 is 0 Å². The average molecular weight is 261 g/mol. The van der Waals surface area contributed by atoms with Crippen LogP contribution in [-0.4, -0.2) is 45.1 Å². The van der Waals surface area contributed by atoms with Gasteiger partial charge < -0.3 is 14.6 Å². The molecule has 0 radical (unpaired) electrons. The fourth-order valence-electron chi connectivity index (χ4n) is 2.35. The van der Waals surface area contributed by atoms with E-state index >= 15 is 0 Å². The van der Waals surface area contributed by atoms with Gasteiger partial charge in [-0.2, -0.15) is 5.10 Å². The molecule has 2 aromatic heterocycles. The Kier molecular flexibility index (Phi) is 3.61. The van der Waals surface area contributed by atoms with Crippen LogP contribution >= 0.6 is 0 Å². The molecule has 6 heteroatoms. The van der Waals surface area contributed by atoms with Crippen LogP contribution in [0.5, 0.6) is 0 Å². The molecule has 1 aliphatic rings. The van der Waals surface area contributed by atoms with E-state index in [0.717, 1.165) is 44.1 Å². The minimum atomic E-state index is 0.350. The molecule has 0 spiro atoms. The quantitative estimate of drug-likeness (QED) is 0.882. The average Bonchev–Trinajstić information content (AvgIpc) is 3.08. The van der Waals surface area contributed by atoms with Crippen molar-refractivity contribution < 1.29 is 4.74 Å². The van der Waals surface area contributed by atoms with Crippen molar-refractivity contribution in [2.75, 3.05) is 19.8 Å². The van der Waals surface area contributed by atoms with Crippen molar-refractivity contribution in [2.24, 2.45) is 0 Å². The normalized spacial score (nSPS) is 19.7. The summed E-state index contributed by atoms with van der Waals surface area (Å²) in [6.07, 6.45) is 7.70. The number of rotatable bonds is 4. The van der Waals surface area contributed by atoms with E-state index in [1.54, 1.807) is 0 Å². The largest absolute Gasteiger partial charge is 0.378 e. The maximum Gasteiger partial charge on any atom is 0.0951 e. The SMILES string of the molecule is CCn1cc(-c2cncn2CC2COCCN2)cn1. The van der Waals surface area contributed by atoms with Crippen molar-refractivity contribution in [3.05, 3.63) is 24.9 Å². The van der Waals surface area contributed by atoms with Gasteiger partial charge in [0.05, 0.1) is 37.6 Å². The Bertz CT molecular complexity index is 527. The number of nitrogens with one attached hydrogen (secondary N) is 1. The van der Waals surface area contributed by atoms with Crippen LogP contribution in [0.15, 0.2) is 24.9 Å². The minimum absolute atomic E-state index is 0.350. The Labute approximate surface area is 112 Å². The predicted molar refractivity (Wildman–Crippen MR) is 71.7 cm³/mol. The topological polar surface area (TPSA) is 56.9 Å². The molecule has 3 heterocycles. The second-order valence-corrected chi connectivity index (χ2v) is 4.74. The second kappa shape index (κ2) is 5.54. The molecule has 1 N–H and O–H groups in total. The smallest absolute Gasteiger partial charge is 0.0951 e. The van der Waals surface area contributed by atoms with Crippen molar-refractivity contribution in [3.8, 4) is 11.3 Å². The summed E-state index contributed by atoms with van der Waals surface area (Å²) in [5.41, 5.74) is 2.21. The molecular formula is C13H19N5O. The molecule has 0 bridgehead atoms. The van der Waals surface area contributed by atoms with E-state index in [1.165, 1.54) is 0 Å². The third kappa shape index (κ3) is 2.69. The number of nitrogens with zero attached hydrogens (tertiary/aromatic N) is 4. The van der Waals surface area contributed by atoms with E-state index in [0.29, 0.717) is 6.04 Å². The molecule has 6 nitrogen and oxygen atoms in total. The summed E-state index contributed by atoms with van der Waals surface area (Å²) in [5.74, 6) is 0. The van der Waals surface area contributed by atoms with Gasteiger partial charge in [0.1, 0.15) is 0 Å². The van der Waals surface area contributed by atoms with Gasteiger partial charge >= 0.3 is 0 Å². The molecule has 1 atom stereocenters. The zero-order valence-electron chi connectivity index (χ0n) is 11.1. The zero-order valence-corrected chi connectivity index (χ0v) is 11.1. The monoisotopic (exact) mass is 261 g/mol. The lowest BCUT2D eigenvalue weighted by Gasteiger charge is -2.24. The standard InChI is InChI=1S/C13H19N5O/c1-2-18-7-11(5-16-18)13-6-14-10-17(13)8-12-9-19-4-3-15-12/h5-7,10,12,15H,2-4,8-9H2,1H3. The molecular weight excluding hydrogens is 242 g/mol. The molecule has 102 valence electrons. The highest BCUT2D eigenvalue weighted by Crippen LogP contribution is 2.18. The number of aromatic nitrogens is 4. The summed E-state index contributed by atoms with van der Waals surface area (Å²) in [6.45, 7) is 6.31. The molecule has 2 aromatic rings. The van der Waals surface area contributed by atoms with Gasteiger partial charge in [0.2, 0.25) is 0 Å². The van der Waals surface area contributed by atoms with Crippen LogP contribution < -0.4 is 5.32 Å². The predicted octanol–water partition coefficient (Wildman–Crippen LogP) is 0.755. The Hall–Kier alpha value is -1.66. The number of morpholine rings is 1. The van der Waals surface area contributed by atoms with E-state index in [4.69, 9.17) is 4.74 Å². The maximum atomic E-state index is 5.49. The summed E-state index contributed by atoms with van der Waals surface area (Å²) < 4.78 is 9.57. The molecule has 1 aliphatic heterocycles. The van der Waals surface area contributed by atoms with Crippen molar-refractivity contribution in [1.29, 1.82) is 0 Å². The van der Waals surface area contributed by atoms with Crippen molar-refractivity contribution in [1.82, 2.24) is 24.6 Å². The van der Waals surface area contributed by atoms with Crippen molar-refractivity contribution in [3.63, 3.8) is 0 Å². The molecule has 1 unspecified atom stereocenters. The van der Waals surface area contributed by atoms with E-state index in [-0.39, 0.29) is 0 Å². The molecule has 0 amide bonds. The summed E-state index contributed by atoms with van der Waals surface area (Å²) in [5, 5.41) is 7.77. The van der Waals surface area contributed by atoms with Gasteiger partial charge in [-0.15, -0.1) is 0 Å². The third-order valence-electron chi connectivity index (χ3n) is 3.38. The summed E-state index contributed by atoms with van der Waals surface area (Å²) >= 11 is 0. The van der Waals surface area contributed by atoms with Crippen LogP contribution in [0, 0.1) is 0 Å². The lowest BCUT2D eigenvalue weighted by atomic mass is 10.2. The van der Waals surface area contributed by atoms with Crippen LogP contribution in [0.4, 0.5) is 0 Å². The van der Waals surface area contributed by atoms with Gasteiger partial charge in [0.25, 0.3) is 0 Å². The highest BCUT2D eigenvalue weighted by Gasteiger charge is 2.16. The Morgan fingerprint density at radius 1 is 1.47 bits per heavy atom. The Balaban J connectivity index is 1.77. The Morgan fingerprint density at radius 3 is 3.16 bits per heavy atom. The second-order valence-electron chi connectivity index (χ2n) is 4.74. The van der Waals surface area contributed by atoms with Crippen molar-refractivity contribution >= 4 is 0 Å². The van der Waals surface area contributed by atoms with Gasteiger partial charge in [-0.25, -0.2) is 4.98 Å². The first kappa shape index (κ1) is 12.4. The number of hydrogen-bond donors (Lipinski definition) is 1. The van der Waals surface area contributed by atoms with Crippen LogP contribution in [0.2, 0.25) is 0 Å². The van der Waals surface area contributed by atoms with Gasteiger partial charge in [0.15, 0.2) is 0 Å². The van der Waals surface area contributed by atoms with E-state index in [2.05, 4.69) is 33.1 Å². The molecule has 1 saturated heterocycles. The fraction of sp³-hybridized carbons (Fsp3) is 0.538. The summed E-state index contributed by atoms with van der Waals surface area (Å²) in [7, 11) is 0. The molecule has 19 heavy (non-hydrogen) atoms. The highest BCUT2D eigenvalue weighted by molar-refractivity contribution is 5.56. The van der Waals surface area contributed by atoms with Gasteiger partial charge in [-0.05, 0) is 6.92 Å². The van der Waals surface area contributed by atoms with Crippen LogP contribution in [0.1, 0.15) is 6.92 Å². The van der Waals surface area contributed by atoms with Crippen LogP contribution in [0.25, 0.3) is 11.3 Å². The summed E-state index contributed by atoms with van der Waals surface area (Å²) in [6, 6.07) is 0.350. The van der Waals surface area contributed by atoms with Gasteiger partial charge in [-0.3, -0.25) is 4.68 Å². The molecule has 0 aliphatic carbocycles. The molecule has 0 aromatic carbocycles. The number of hydrogen-bond acceptors (Lipinski definition) is 4. The van der Waals surface area contributed by atoms with Crippen LogP contribution in [-0.2, 0) is 17.8 Å². The van der Waals surface area contributed by atoms with E-state index in [9.17, 15) is 0 Å². The van der Waals surface area contributed by atoms with Gasteiger partial charge in [0, 0.05) is 37.4 Å². The lowest BCUT2D eigenvalue weighted by molar-refractivity contribution is 0.0715. The first-order valence-electron chi connectivity index (χ1n) is 6.71. The fourth-order valence-corrected chi connectivity index (χ4v) is 2.35. The van der Waals surface area contributed by atoms with Crippen LogP contribution in [0.3, 0.4) is 0 Å². The number of ether oxygens (including phenoxy) is 1. The third-order valence-corrected chi connectivity index (χ3v) is 3.38. The Morgan fingerprint density at radius 2 is 2.42 bits per heavy atom. The first-order chi connectivity index (χ1) is 9.36. The molecule has 1 fully saturated rings. The van der Waals surface area contributed by atoms with Crippen molar-refractivity contribution in [2.45, 2.75) is 26.1 Å².